The van der Waals surface area contributed by atoms with Gasteiger partial charge in [0.15, 0.2) is 6.10 Å². The van der Waals surface area contributed by atoms with Crippen LogP contribution < -0.4 is 10.6 Å². The number of nitrogens with one attached hydrogen (secondary N) is 2. The van der Waals surface area contributed by atoms with E-state index in [0.717, 1.165) is 6.07 Å². The van der Waals surface area contributed by atoms with Crippen molar-refractivity contribution < 1.29 is 24.4 Å². The number of hydrogen-bond acceptors (Lipinski definition) is 7. The molecule has 0 aliphatic carbocycles. The number of ether oxygens (including phenoxy) is 1. The number of hydrogen-bond donors (Lipinski definition) is 3. The van der Waals surface area contributed by atoms with E-state index >= 15 is 0 Å². The van der Waals surface area contributed by atoms with E-state index in [2.05, 4.69) is 10.6 Å². The number of carbonyl (C=O) groups excluding carboxylic acids is 2. The zero-order valence-corrected chi connectivity index (χ0v) is 15.6. The fourth-order valence-electron chi connectivity index (χ4n) is 2.25. The Morgan fingerprint density at radius 1 is 1.29 bits per heavy atom. The molecule has 2 rings (SSSR count). The van der Waals surface area contributed by atoms with Gasteiger partial charge in [0, 0.05) is 35.1 Å². The Labute approximate surface area is 165 Å². The van der Waals surface area contributed by atoms with Crippen molar-refractivity contribution in [1.82, 2.24) is 0 Å². The van der Waals surface area contributed by atoms with E-state index in [9.17, 15) is 19.7 Å². The molecular formula is C18H18ClN3O6. The second-order valence-electron chi connectivity index (χ2n) is 5.68. The second kappa shape index (κ2) is 9.67. The average Bonchev–Trinajstić information content (AvgIpc) is 2.65. The number of rotatable bonds is 8. The van der Waals surface area contributed by atoms with Crippen LogP contribution in [0.3, 0.4) is 0 Å². The SMILES string of the molecule is C[C@@H](OC(=O)c1cc([N+](=O)[O-])ccc1NCCO)C(=O)Nc1cccc(Cl)c1. The molecule has 9 nitrogen and oxygen atoms in total. The summed E-state index contributed by atoms with van der Waals surface area (Å²) in [5.74, 6) is -1.51. The first-order valence-electron chi connectivity index (χ1n) is 8.22. The Kier molecular flexibility index (Phi) is 7.30. The van der Waals surface area contributed by atoms with Crippen LogP contribution in [0.5, 0.6) is 0 Å². The summed E-state index contributed by atoms with van der Waals surface area (Å²) in [7, 11) is 0. The van der Waals surface area contributed by atoms with Gasteiger partial charge in [0.25, 0.3) is 11.6 Å². The highest BCUT2D eigenvalue weighted by atomic mass is 35.5. The maximum Gasteiger partial charge on any atom is 0.341 e. The molecule has 0 saturated carbocycles. The third-order valence-electron chi connectivity index (χ3n) is 3.61. The van der Waals surface area contributed by atoms with Crippen molar-refractivity contribution in [2.75, 3.05) is 23.8 Å². The Hall–Kier alpha value is -3.17. The van der Waals surface area contributed by atoms with Crippen molar-refractivity contribution in [1.29, 1.82) is 0 Å². The van der Waals surface area contributed by atoms with E-state index in [1.807, 2.05) is 0 Å². The lowest BCUT2D eigenvalue weighted by molar-refractivity contribution is -0.384. The summed E-state index contributed by atoms with van der Waals surface area (Å²) in [6.45, 7) is 1.29. The van der Waals surface area contributed by atoms with Gasteiger partial charge in [-0.3, -0.25) is 14.9 Å². The number of nitro benzene ring substituents is 1. The van der Waals surface area contributed by atoms with Gasteiger partial charge in [-0.1, -0.05) is 17.7 Å². The van der Waals surface area contributed by atoms with Gasteiger partial charge in [-0.2, -0.15) is 0 Å². The van der Waals surface area contributed by atoms with Crippen molar-refractivity contribution in [3.8, 4) is 0 Å². The topological polar surface area (TPSA) is 131 Å². The van der Waals surface area contributed by atoms with Crippen LogP contribution >= 0.6 is 11.6 Å². The van der Waals surface area contributed by atoms with Crippen LogP contribution in [-0.4, -0.2) is 41.2 Å². The van der Waals surface area contributed by atoms with E-state index in [1.54, 1.807) is 18.2 Å². The number of non-ortho nitro benzene ring substituents is 1. The standard InChI is InChI=1S/C18H18ClN3O6/c1-11(17(24)21-13-4-2-3-12(19)9-13)28-18(25)15-10-14(22(26)27)5-6-16(15)20-7-8-23/h2-6,9-11,20,23H,7-8H2,1H3,(H,21,24)/t11-/m1/s1. The van der Waals surface area contributed by atoms with Crippen molar-refractivity contribution in [2.45, 2.75) is 13.0 Å². The first-order valence-corrected chi connectivity index (χ1v) is 8.60. The Balaban J connectivity index is 2.14. The van der Waals surface area contributed by atoms with Gasteiger partial charge in [-0.25, -0.2) is 4.79 Å². The molecule has 0 aliphatic rings. The van der Waals surface area contributed by atoms with Crippen LogP contribution in [-0.2, 0) is 9.53 Å². The number of anilines is 2. The first-order chi connectivity index (χ1) is 13.3. The largest absolute Gasteiger partial charge is 0.449 e. The molecular weight excluding hydrogens is 390 g/mol. The van der Waals surface area contributed by atoms with E-state index in [0.29, 0.717) is 10.7 Å². The molecule has 0 unspecified atom stereocenters. The molecule has 0 aromatic heterocycles. The molecule has 0 spiro atoms. The summed E-state index contributed by atoms with van der Waals surface area (Å²) in [6, 6.07) is 10.0. The quantitative estimate of drug-likeness (QED) is 0.348. The molecule has 10 heteroatoms. The summed E-state index contributed by atoms with van der Waals surface area (Å²) < 4.78 is 5.15. The van der Waals surface area contributed by atoms with Gasteiger partial charge in [-0.15, -0.1) is 0 Å². The molecule has 148 valence electrons. The zero-order valence-electron chi connectivity index (χ0n) is 14.8. The summed E-state index contributed by atoms with van der Waals surface area (Å²) >= 11 is 5.86. The van der Waals surface area contributed by atoms with Crippen LogP contribution in [0.2, 0.25) is 5.02 Å². The molecule has 0 fully saturated rings. The molecule has 0 saturated heterocycles. The number of aliphatic hydroxyl groups excluding tert-OH is 1. The molecule has 0 aliphatic heterocycles. The van der Waals surface area contributed by atoms with Crippen LogP contribution in [0.4, 0.5) is 17.1 Å². The second-order valence-corrected chi connectivity index (χ2v) is 6.12. The number of amides is 1. The smallest absolute Gasteiger partial charge is 0.341 e. The van der Waals surface area contributed by atoms with Gasteiger partial charge >= 0.3 is 5.97 Å². The molecule has 0 heterocycles. The van der Waals surface area contributed by atoms with Crippen molar-refractivity contribution in [2.24, 2.45) is 0 Å². The summed E-state index contributed by atoms with van der Waals surface area (Å²) in [5, 5.41) is 25.7. The highest BCUT2D eigenvalue weighted by Gasteiger charge is 2.23. The Bertz CT molecular complexity index is 889. The monoisotopic (exact) mass is 407 g/mol. The van der Waals surface area contributed by atoms with Crippen LogP contribution in [0, 0.1) is 10.1 Å². The van der Waals surface area contributed by atoms with Crippen molar-refractivity contribution >= 4 is 40.5 Å². The minimum atomic E-state index is -1.17. The highest BCUT2D eigenvalue weighted by molar-refractivity contribution is 6.30. The predicted molar refractivity (Wildman–Crippen MR) is 104 cm³/mol. The number of carbonyl (C=O) groups is 2. The van der Waals surface area contributed by atoms with E-state index in [1.165, 1.54) is 25.1 Å². The Morgan fingerprint density at radius 3 is 2.68 bits per heavy atom. The maximum atomic E-state index is 12.5. The molecule has 28 heavy (non-hydrogen) atoms. The molecule has 3 N–H and O–H groups in total. The lowest BCUT2D eigenvalue weighted by atomic mass is 10.1. The normalized spacial score (nSPS) is 11.4. The van der Waals surface area contributed by atoms with E-state index in [4.69, 9.17) is 21.4 Å². The van der Waals surface area contributed by atoms with Crippen LogP contribution in [0.15, 0.2) is 42.5 Å². The van der Waals surface area contributed by atoms with Gasteiger partial charge < -0.3 is 20.5 Å². The van der Waals surface area contributed by atoms with E-state index < -0.39 is 22.9 Å². The van der Waals surface area contributed by atoms with Crippen LogP contribution in [0.1, 0.15) is 17.3 Å². The van der Waals surface area contributed by atoms with Gasteiger partial charge in [-0.05, 0) is 31.2 Å². The lowest BCUT2D eigenvalue weighted by Crippen LogP contribution is -2.30. The number of halogens is 1. The average molecular weight is 408 g/mol. The Morgan fingerprint density at radius 2 is 2.04 bits per heavy atom. The molecule has 2 aromatic carbocycles. The van der Waals surface area contributed by atoms with Gasteiger partial charge in [0.1, 0.15) is 0 Å². The number of benzene rings is 2. The van der Waals surface area contributed by atoms with Crippen molar-refractivity contribution in [3.05, 3.63) is 63.2 Å². The number of nitrogens with zero attached hydrogens (tertiary/aromatic N) is 1. The van der Waals surface area contributed by atoms with Gasteiger partial charge in [0.05, 0.1) is 17.1 Å². The third kappa shape index (κ3) is 5.66. The number of aliphatic hydroxyl groups is 1. The third-order valence-corrected chi connectivity index (χ3v) is 3.84. The minimum absolute atomic E-state index is 0.120. The predicted octanol–water partition coefficient (Wildman–Crippen LogP) is 2.84. The first kappa shape index (κ1) is 21.1. The zero-order chi connectivity index (χ0) is 20.7. The summed E-state index contributed by atoms with van der Waals surface area (Å²) in [6.07, 6.45) is -1.17. The molecule has 0 bridgehead atoms. The number of esters is 1. The molecule has 1 amide bonds. The van der Waals surface area contributed by atoms with Crippen molar-refractivity contribution in [3.63, 3.8) is 0 Å². The fraction of sp³-hybridized carbons (Fsp3) is 0.222. The molecule has 1 atom stereocenters. The highest BCUT2D eigenvalue weighted by Crippen LogP contribution is 2.23. The fourth-order valence-corrected chi connectivity index (χ4v) is 2.44. The summed E-state index contributed by atoms with van der Waals surface area (Å²) in [4.78, 5) is 35.0. The molecule has 0 radical (unpaired) electrons. The number of nitro groups is 1. The lowest BCUT2D eigenvalue weighted by Gasteiger charge is -2.15. The molecule has 2 aromatic rings. The summed E-state index contributed by atoms with van der Waals surface area (Å²) in [5.41, 5.74) is 0.246. The van der Waals surface area contributed by atoms with Crippen LogP contribution in [0.25, 0.3) is 0 Å². The van der Waals surface area contributed by atoms with E-state index in [-0.39, 0.29) is 30.1 Å². The van der Waals surface area contributed by atoms with Gasteiger partial charge in [0.2, 0.25) is 0 Å². The maximum absolute atomic E-state index is 12.5. The minimum Gasteiger partial charge on any atom is -0.449 e.